The number of halogens is 2. The van der Waals surface area contributed by atoms with Crippen LogP contribution in [0.5, 0.6) is 0 Å². The molecule has 0 spiro atoms. The highest BCUT2D eigenvalue weighted by molar-refractivity contribution is 7.21. The molecular formula is C18H14ClFN2O2S. The molecule has 4 nitrogen and oxygen atoms in total. The number of aryl methyl sites for hydroxylation is 1. The number of fused-ring (bicyclic) bond motifs is 1. The van der Waals surface area contributed by atoms with Gasteiger partial charge in [-0.3, -0.25) is 9.59 Å². The van der Waals surface area contributed by atoms with Crippen LogP contribution in [0.25, 0.3) is 10.1 Å². The van der Waals surface area contributed by atoms with Gasteiger partial charge in [0.2, 0.25) is 5.91 Å². The zero-order chi connectivity index (χ0) is 18.1. The summed E-state index contributed by atoms with van der Waals surface area (Å²) in [6, 6.07) is 9.44. The summed E-state index contributed by atoms with van der Waals surface area (Å²) in [5, 5.41) is 6.41. The van der Waals surface area contributed by atoms with Crippen LogP contribution in [-0.2, 0) is 4.79 Å². The smallest absolute Gasteiger partial charge is 0.267 e. The van der Waals surface area contributed by atoms with Gasteiger partial charge in [0.1, 0.15) is 10.7 Å². The second-order valence-electron chi connectivity index (χ2n) is 5.55. The van der Waals surface area contributed by atoms with E-state index in [2.05, 4.69) is 10.6 Å². The monoisotopic (exact) mass is 376 g/mol. The van der Waals surface area contributed by atoms with Gasteiger partial charge in [-0.25, -0.2) is 4.39 Å². The Labute approximate surface area is 152 Å². The molecule has 0 radical (unpaired) electrons. The van der Waals surface area contributed by atoms with Crippen molar-refractivity contribution in [2.24, 2.45) is 0 Å². The van der Waals surface area contributed by atoms with Crippen LogP contribution in [0.15, 0.2) is 36.4 Å². The quantitative estimate of drug-likeness (QED) is 0.659. The molecule has 3 rings (SSSR count). The van der Waals surface area contributed by atoms with Gasteiger partial charge in [0, 0.05) is 28.4 Å². The van der Waals surface area contributed by atoms with Crippen LogP contribution in [0.2, 0.25) is 5.02 Å². The predicted octanol–water partition coefficient (Wildman–Crippen LogP) is 5.21. The van der Waals surface area contributed by atoms with Crippen LogP contribution in [-0.4, -0.2) is 11.8 Å². The number of hydrogen-bond donors (Lipinski definition) is 2. The average molecular weight is 377 g/mol. The maximum Gasteiger partial charge on any atom is 0.267 e. The first-order chi connectivity index (χ1) is 11.8. The van der Waals surface area contributed by atoms with Gasteiger partial charge in [-0.1, -0.05) is 17.7 Å². The van der Waals surface area contributed by atoms with Crippen LogP contribution in [0.1, 0.15) is 22.2 Å². The van der Waals surface area contributed by atoms with E-state index in [1.54, 1.807) is 24.3 Å². The van der Waals surface area contributed by atoms with E-state index in [0.29, 0.717) is 31.4 Å². The summed E-state index contributed by atoms with van der Waals surface area (Å²) in [4.78, 5) is 24.1. The van der Waals surface area contributed by atoms with E-state index in [9.17, 15) is 14.0 Å². The molecule has 0 aliphatic carbocycles. The number of amides is 2. The van der Waals surface area contributed by atoms with Gasteiger partial charge >= 0.3 is 0 Å². The number of anilines is 2. The Bertz CT molecular complexity index is 1000. The molecule has 2 aromatic carbocycles. The summed E-state index contributed by atoms with van der Waals surface area (Å²) in [5.74, 6) is -0.957. The fourth-order valence-electron chi connectivity index (χ4n) is 2.40. The Morgan fingerprint density at radius 1 is 1.12 bits per heavy atom. The largest absolute Gasteiger partial charge is 0.326 e. The van der Waals surface area contributed by atoms with Crippen LogP contribution in [0.4, 0.5) is 15.8 Å². The van der Waals surface area contributed by atoms with Crippen LogP contribution < -0.4 is 10.6 Å². The van der Waals surface area contributed by atoms with Crippen molar-refractivity contribution < 1.29 is 14.0 Å². The molecule has 2 amide bonds. The lowest BCUT2D eigenvalue weighted by Gasteiger charge is -2.10. The van der Waals surface area contributed by atoms with E-state index in [0.717, 1.165) is 16.9 Å². The Hall–Kier alpha value is -2.44. The first-order valence-electron chi connectivity index (χ1n) is 7.42. The fraction of sp³-hybridized carbons (Fsp3) is 0.111. The lowest BCUT2D eigenvalue weighted by molar-refractivity contribution is -0.114. The van der Waals surface area contributed by atoms with E-state index in [-0.39, 0.29) is 17.6 Å². The molecule has 1 heterocycles. The molecule has 25 heavy (non-hydrogen) atoms. The van der Waals surface area contributed by atoms with Crippen molar-refractivity contribution in [3.8, 4) is 0 Å². The number of benzene rings is 2. The minimum absolute atomic E-state index is 0.198. The molecule has 128 valence electrons. The highest BCUT2D eigenvalue weighted by Crippen LogP contribution is 2.36. The minimum Gasteiger partial charge on any atom is -0.326 e. The molecule has 1 aromatic heterocycles. The minimum atomic E-state index is -0.380. The molecule has 0 unspecified atom stereocenters. The number of carbonyl (C=O) groups is 2. The Balaban J connectivity index is 1.92. The van der Waals surface area contributed by atoms with Crippen molar-refractivity contribution >= 4 is 56.2 Å². The summed E-state index contributed by atoms with van der Waals surface area (Å²) >= 11 is 7.41. The summed E-state index contributed by atoms with van der Waals surface area (Å²) in [6.07, 6.45) is 0. The second-order valence-corrected chi connectivity index (χ2v) is 6.98. The molecule has 0 fully saturated rings. The molecule has 0 aliphatic heterocycles. The second kappa shape index (κ2) is 6.82. The number of nitrogens with one attached hydrogen (secondary N) is 2. The maximum atomic E-state index is 13.4. The summed E-state index contributed by atoms with van der Waals surface area (Å²) in [5.41, 5.74) is 1.99. The number of thiophene rings is 1. The third-order valence-electron chi connectivity index (χ3n) is 3.60. The number of hydrogen-bond acceptors (Lipinski definition) is 3. The fourth-order valence-corrected chi connectivity index (χ4v) is 3.84. The molecule has 7 heteroatoms. The Kier molecular flexibility index (Phi) is 4.74. The van der Waals surface area contributed by atoms with Crippen molar-refractivity contribution in [2.45, 2.75) is 13.8 Å². The summed E-state index contributed by atoms with van der Waals surface area (Å²) < 4.78 is 14.0. The maximum absolute atomic E-state index is 13.4. The van der Waals surface area contributed by atoms with Crippen LogP contribution in [0, 0.1) is 12.7 Å². The topological polar surface area (TPSA) is 58.2 Å². The van der Waals surface area contributed by atoms with Gasteiger partial charge in [0.05, 0.1) is 5.02 Å². The van der Waals surface area contributed by atoms with E-state index in [1.165, 1.54) is 19.1 Å². The van der Waals surface area contributed by atoms with Gasteiger partial charge in [-0.15, -0.1) is 11.3 Å². The van der Waals surface area contributed by atoms with E-state index in [4.69, 9.17) is 11.6 Å². The van der Waals surface area contributed by atoms with E-state index < -0.39 is 0 Å². The van der Waals surface area contributed by atoms with Crippen molar-refractivity contribution in [1.82, 2.24) is 0 Å². The molecule has 0 aliphatic rings. The molecular weight excluding hydrogens is 363 g/mol. The molecule has 0 atom stereocenters. The van der Waals surface area contributed by atoms with Gasteiger partial charge < -0.3 is 10.6 Å². The Morgan fingerprint density at radius 2 is 1.88 bits per heavy atom. The Morgan fingerprint density at radius 3 is 2.60 bits per heavy atom. The average Bonchev–Trinajstić information content (AvgIpc) is 2.86. The zero-order valence-corrected chi connectivity index (χ0v) is 15.0. The van der Waals surface area contributed by atoms with Crippen molar-refractivity contribution in [3.63, 3.8) is 0 Å². The van der Waals surface area contributed by atoms with E-state index in [1.807, 2.05) is 6.92 Å². The zero-order valence-electron chi connectivity index (χ0n) is 13.4. The first-order valence-corrected chi connectivity index (χ1v) is 8.61. The molecule has 2 N–H and O–H groups in total. The molecule has 0 saturated carbocycles. The van der Waals surface area contributed by atoms with Crippen molar-refractivity contribution in [3.05, 3.63) is 57.7 Å². The van der Waals surface area contributed by atoms with E-state index >= 15 is 0 Å². The normalized spacial score (nSPS) is 10.7. The summed E-state index contributed by atoms with van der Waals surface area (Å²) in [6.45, 7) is 3.25. The standard InChI is InChI=1S/C18H14ClFN2O2S/c1-9-3-5-12(21-10(2)23)8-14(9)22-18(24)17-16(19)13-6-4-11(20)7-15(13)25-17/h3-8H,1-2H3,(H,21,23)(H,22,24). The number of rotatable bonds is 3. The van der Waals surface area contributed by atoms with Crippen LogP contribution >= 0.6 is 22.9 Å². The lowest BCUT2D eigenvalue weighted by Crippen LogP contribution is -2.12. The van der Waals surface area contributed by atoms with Gasteiger partial charge in [-0.05, 0) is 42.8 Å². The SMILES string of the molecule is CC(=O)Nc1ccc(C)c(NC(=O)c2sc3cc(F)ccc3c2Cl)c1. The molecule has 3 aromatic rings. The third kappa shape index (κ3) is 3.65. The van der Waals surface area contributed by atoms with Gasteiger partial charge in [-0.2, -0.15) is 0 Å². The predicted molar refractivity (Wildman–Crippen MR) is 100 cm³/mol. The highest BCUT2D eigenvalue weighted by Gasteiger charge is 2.18. The lowest BCUT2D eigenvalue weighted by atomic mass is 10.1. The summed E-state index contributed by atoms with van der Waals surface area (Å²) in [7, 11) is 0. The molecule has 0 bridgehead atoms. The van der Waals surface area contributed by atoms with Gasteiger partial charge in [0.25, 0.3) is 5.91 Å². The van der Waals surface area contributed by atoms with Crippen LogP contribution in [0.3, 0.4) is 0 Å². The third-order valence-corrected chi connectivity index (χ3v) is 5.26. The van der Waals surface area contributed by atoms with Crippen molar-refractivity contribution in [1.29, 1.82) is 0 Å². The molecule has 0 saturated heterocycles. The van der Waals surface area contributed by atoms with Crippen molar-refractivity contribution in [2.75, 3.05) is 10.6 Å². The van der Waals surface area contributed by atoms with Gasteiger partial charge in [0.15, 0.2) is 0 Å². The number of carbonyl (C=O) groups excluding carboxylic acids is 2. The first kappa shape index (κ1) is 17.4. The highest BCUT2D eigenvalue weighted by atomic mass is 35.5.